The first-order valence-corrected chi connectivity index (χ1v) is 4.41. The van der Waals surface area contributed by atoms with Gasteiger partial charge in [-0.1, -0.05) is 0 Å². The number of hydrogen-bond acceptors (Lipinski definition) is 2. The topological polar surface area (TPSA) is 26.3 Å². The van der Waals surface area contributed by atoms with Gasteiger partial charge in [0.25, 0.3) is 0 Å². The maximum atomic E-state index is 12.9. The smallest absolute Gasteiger partial charge is 0.188 e. The molecule has 0 saturated carbocycles. The highest BCUT2D eigenvalue weighted by molar-refractivity contribution is 9.10. The SMILES string of the molecule is COCC(=O)c1ccc(Br)c(F)c1. The molecule has 1 aromatic carbocycles. The fraction of sp³-hybridized carbons (Fsp3) is 0.222. The van der Waals surface area contributed by atoms with Crippen LogP contribution in [0.5, 0.6) is 0 Å². The van der Waals surface area contributed by atoms with Gasteiger partial charge in [-0.05, 0) is 34.1 Å². The molecule has 2 nitrogen and oxygen atoms in total. The number of Topliss-reactive ketones (excluding diaryl/α,β-unsaturated/α-hetero) is 1. The van der Waals surface area contributed by atoms with Crippen LogP contribution in [-0.4, -0.2) is 19.5 Å². The predicted octanol–water partition coefficient (Wildman–Crippen LogP) is 2.42. The molecular formula is C9H8BrFO2. The lowest BCUT2D eigenvalue weighted by molar-refractivity contribution is 0.0847. The number of rotatable bonds is 3. The van der Waals surface area contributed by atoms with Crippen molar-refractivity contribution in [2.45, 2.75) is 0 Å². The highest BCUT2D eigenvalue weighted by Gasteiger charge is 2.07. The Morgan fingerprint density at radius 3 is 2.85 bits per heavy atom. The molecule has 0 radical (unpaired) electrons. The highest BCUT2D eigenvalue weighted by Crippen LogP contribution is 2.16. The minimum atomic E-state index is -0.443. The van der Waals surface area contributed by atoms with Crippen molar-refractivity contribution in [3.8, 4) is 0 Å². The van der Waals surface area contributed by atoms with Crippen LogP contribution in [0.3, 0.4) is 0 Å². The zero-order valence-corrected chi connectivity index (χ0v) is 8.60. The van der Waals surface area contributed by atoms with Gasteiger partial charge in [0.05, 0.1) is 4.47 Å². The van der Waals surface area contributed by atoms with E-state index in [9.17, 15) is 9.18 Å². The zero-order chi connectivity index (χ0) is 9.84. The standard InChI is InChI=1S/C9H8BrFO2/c1-13-5-9(12)6-2-3-7(10)8(11)4-6/h2-4H,5H2,1H3. The van der Waals surface area contributed by atoms with Crippen LogP contribution in [0.1, 0.15) is 10.4 Å². The Morgan fingerprint density at radius 1 is 1.62 bits per heavy atom. The van der Waals surface area contributed by atoms with Crippen LogP contribution in [0.25, 0.3) is 0 Å². The second-order valence-corrected chi connectivity index (χ2v) is 3.34. The third-order valence-electron chi connectivity index (χ3n) is 1.52. The van der Waals surface area contributed by atoms with E-state index >= 15 is 0 Å². The van der Waals surface area contributed by atoms with E-state index in [2.05, 4.69) is 20.7 Å². The van der Waals surface area contributed by atoms with Crippen molar-refractivity contribution in [2.24, 2.45) is 0 Å². The van der Waals surface area contributed by atoms with Crippen LogP contribution >= 0.6 is 15.9 Å². The number of ketones is 1. The Morgan fingerprint density at radius 2 is 2.31 bits per heavy atom. The van der Waals surface area contributed by atoms with Crippen molar-refractivity contribution in [3.63, 3.8) is 0 Å². The van der Waals surface area contributed by atoms with Crippen molar-refractivity contribution in [1.82, 2.24) is 0 Å². The van der Waals surface area contributed by atoms with E-state index in [0.29, 0.717) is 10.0 Å². The van der Waals surface area contributed by atoms with E-state index in [-0.39, 0.29) is 12.4 Å². The van der Waals surface area contributed by atoms with Gasteiger partial charge in [-0.3, -0.25) is 4.79 Å². The molecule has 0 saturated heterocycles. The summed E-state index contributed by atoms with van der Waals surface area (Å²) in [6.07, 6.45) is 0. The maximum Gasteiger partial charge on any atom is 0.188 e. The third kappa shape index (κ3) is 2.60. The number of benzene rings is 1. The fourth-order valence-electron chi connectivity index (χ4n) is 0.884. The Bertz CT molecular complexity index is 325. The molecule has 0 heterocycles. The molecule has 0 spiro atoms. The lowest BCUT2D eigenvalue weighted by Crippen LogP contribution is -2.07. The lowest BCUT2D eigenvalue weighted by Gasteiger charge is -2.00. The molecule has 0 fully saturated rings. The minimum absolute atomic E-state index is 0.0267. The zero-order valence-electron chi connectivity index (χ0n) is 7.01. The van der Waals surface area contributed by atoms with E-state index < -0.39 is 5.82 Å². The summed E-state index contributed by atoms with van der Waals surface area (Å²) in [5.74, 6) is -0.671. The summed E-state index contributed by atoms with van der Waals surface area (Å²) in [4.78, 5) is 11.2. The molecular weight excluding hydrogens is 239 g/mol. The summed E-state index contributed by atoms with van der Waals surface area (Å²) in [6.45, 7) is -0.0267. The molecule has 0 unspecified atom stereocenters. The first-order chi connectivity index (χ1) is 6.15. The van der Waals surface area contributed by atoms with Crippen LogP contribution in [0, 0.1) is 5.82 Å². The first-order valence-electron chi connectivity index (χ1n) is 3.62. The van der Waals surface area contributed by atoms with Gasteiger partial charge < -0.3 is 4.74 Å². The molecule has 13 heavy (non-hydrogen) atoms. The maximum absolute atomic E-state index is 12.9. The van der Waals surface area contributed by atoms with Crippen LogP contribution < -0.4 is 0 Å². The van der Waals surface area contributed by atoms with Gasteiger partial charge in [-0.25, -0.2) is 4.39 Å². The van der Waals surface area contributed by atoms with Crippen LogP contribution in [0.4, 0.5) is 4.39 Å². The van der Waals surface area contributed by atoms with Crippen molar-refractivity contribution in [3.05, 3.63) is 34.1 Å². The molecule has 4 heteroatoms. The van der Waals surface area contributed by atoms with E-state index in [4.69, 9.17) is 0 Å². The number of ether oxygens (including phenoxy) is 1. The fourth-order valence-corrected chi connectivity index (χ4v) is 1.13. The van der Waals surface area contributed by atoms with E-state index in [1.54, 1.807) is 6.07 Å². The second kappa shape index (κ2) is 4.48. The summed E-state index contributed by atoms with van der Waals surface area (Å²) in [5, 5.41) is 0. The van der Waals surface area contributed by atoms with Crippen molar-refractivity contribution in [1.29, 1.82) is 0 Å². The van der Waals surface area contributed by atoms with Gasteiger partial charge in [0.15, 0.2) is 5.78 Å². The molecule has 0 amide bonds. The summed E-state index contributed by atoms with van der Waals surface area (Å²) >= 11 is 3.00. The van der Waals surface area contributed by atoms with Gasteiger partial charge >= 0.3 is 0 Å². The Balaban J connectivity index is 2.90. The molecule has 0 N–H and O–H groups in total. The molecule has 0 aliphatic heterocycles. The average Bonchev–Trinajstić information content (AvgIpc) is 2.10. The number of carbonyl (C=O) groups is 1. The Hall–Kier alpha value is -0.740. The summed E-state index contributed by atoms with van der Waals surface area (Å²) in [7, 11) is 1.42. The number of methoxy groups -OCH3 is 1. The quantitative estimate of drug-likeness (QED) is 0.766. The normalized spacial score (nSPS) is 10.1. The van der Waals surface area contributed by atoms with Gasteiger partial charge in [0.2, 0.25) is 0 Å². The molecule has 0 aliphatic rings. The summed E-state index contributed by atoms with van der Waals surface area (Å²) in [5.41, 5.74) is 0.322. The third-order valence-corrected chi connectivity index (χ3v) is 2.16. The van der Waals surface area contributed by atoms with E-state index in [0.717, 1.165) is 0 Å². The lowest BCUT2D eigenvalue weighted by atomic mass is 10.1. The Kier molecular flexibility index (Phi) is 3.57. The molecule has 0 bridgehead atoms. The first kappa shape index (κ1) is 10.3. The second-order valence-electron chi connectivity index (χ2n) is 2.49. The molecule has 0 atom stereocenters. The van der Waals surface area contributed by atoms with Crippen molar-refractivity contribution >= 4 is 21.7 Å². The summed E-state index contributed by atoms with van der Waals surface area (Å²) in [6, 6.07) is 4.23. The Labute approximate surface area is 83.8 Å². The van der Waals surface area contributed by atoms with Crippen LogP contribution in [0.15, 0.2) is 22.7 Å². The van der Waals surface area contributed by atoms with Gasteiger partial charge in [0, 0.05) is 12.7 Å². The monoisotopic (exact) mass is 246 g/mol. The van der Waals surface area contributed by atoms with Gasteiger partial charge in [-0.2, -0.15) is 0 Å². The van der Waals surface area contributed by atoms with Gasteiger partial charge in [-0.15, -0.1) is 0 Å². The number of carbonyl (C=O) groups excluding carboxylic acids is 1. The predicted molar refractivity (Wildman–Crippen MR) is 50.3 cm³/mol. The van der Waals surface area contributed by atoms with E-state index in [1.165, 1.54) is 19.2 Å². The van der Waals surface area contributed by atoms with Crippen LogP contribution in [-0.2, 0) is 4.74 Å². The van der Waals surface area contributed by atoms with E-state index in [1.807, 2.05) is 0 Å². The molecule has 0 aromatic heterocycles. The van der Waals surface area contributed by atoms with Crippen molar-refractivity contribution in [2.75, 3.05) is 13.7 Å². The number of hydrogen-bond donors (Lipinski definition) is 0. The molecule has 70 valence electrons. The molecule has 1 aromatic rings. The molecule has 0 aliphatic carbocycles. The highest BCUT2D eigenvalue weighted by atomic mass is 79.9. The largest absolute Gasteiger partial charge is 0.377 e. The average molecular weight is 247 g/mol. The van der Waals surface area contributed by atoms with Gasteiger partial charge in [0.1, 0.15) is 12.4 Å². The van der Waals surface area contributed by atoms with Crippen molar-refractivity contribution < 1.29 is 13.9 Å². The minimum Gasteiger partial charge on any atom is -0.377 e. The summed E-state index contributed by atoms with van der Waals surface area (Å²) < 4.78 is 17.9. The molecule has 1 rings (SSSR count). The number of halogens is 2. The van der Waals surface area contributed by atoms with Crippen LogP contribution in [0.2, 0.25) is 0 Å².